The predicted octanol–water partition coefficient (Wildman–Crippen LogP) is 1.93. The molecule has 6 heteroatoms. The summed E-state index contributed by atoms with van der Waals surface area (Å²) in [4.78, 5) is 0. The molecule has 2 atom stereocenters. The van der Waals surface area contributed by atoms with E-state index < -0.39 is 11.7 Å². The van der Waals surface area contributed by atoms with Crippen LogP contribution < -0.4 is 5.73 Å². The maximum absolute atomic E-state index is 9.23. The van der Waals surface area contributed by atoms with E-state index in [1.165, 1.54) is 0 Å². The lowest BCUT2D eigenvalue weighted by Gasteiger charge is -2.04. The van der Waals surface area contributed by atoms with Crippen LogP contribution >= 0.6 is 11.6 Å². The Morgan fingerprint density at radius 2 is 2.00 bits per heavy atom. The molecule has 5 nitrogen and oxygen atoms in total. The van der Waals surface area contributed by atoms with E-state index >= 15 is 0 Å². The third kappa shape index (κ3) is 2.00. The molecule has 1 fully saturated rings. The van der Waals surface area contributed by atoms with Crippen molar-refractivity contribution in [2.75, 3.05) is 0 Å². The monoisotopic (exact) mass is 270 g/mol. The van der Waals surface area contributed by atoms with Gasteiger partial charge in [0.05, 0.1) is 5.70 Å². The molecular formula is C13H7ClN4O. The fourth-order valence-corrected chi connectivity index (χ4v) is 2.00. The summed E-state index contributed by atoms with van der Waals surface area (Å²) in [6.45, 7) is 0. The summed E-state index contributed by atoms with van der Waals surface area (Å²) in [5.74, 6) is 0. The van der Waals surface area contributed by atoms with Gasteiger partial charge in [0.15, 0.2) is 5.57 Å². The minimum Gasteiger partial charge on any atom is -0.397 e. The number of ether oxygens (including phenoxy) is 1. The van der Waals surface area contributed by atoms with Gasteiger partial charge >= 0.3 is 0 Å². The highest BCUT2D eigenvalue weighted by molar-refractivity contribution is 6.30. The molecule has 0 spiro atoms. The quantitative estimate of drug-likeness (QED) is 0.652. The molecule has 92 valence electrons. The maximum atomic E-state index is 9.23. The van der Waals surface area contributed by atoms with Crippen molar-refractivity contribution in [1.82, 2.24) is 0 Å². The van der Waals surface area contributed by atoms with Crippen LogP contribution in [0.5, 0.6) is 0 Å². The second-order valence-corrected chi connectivity index (χ2v) is 4.35. The van der Waals surface area contributed by atoms with E-state index in [0.717, 1.165) is 0 Å². The molecule has 0 bridgehead atoms. The van der Waals surface area contributed by atoms with Gasteiger partial charge in [-0.2, -0.15) is 15.8 Å². The summed E-state index contributed by atoms with van der Waals surface area (Å²) >= 11 is 5.86. The molecule has 1 aromatic rings. The fourth-order valence-electron chi connectivity index (χ4n) is 1.81. The van der Waals surface area contributed by atoms with E-state index in [1.807, 2.05) is 6.07 Å². The van der Waals surface area contributed by atoms with Gasteiger partial charge in [0.2, 0.25) is 5.60 Å². The Morgan fingerprint density at radius 1 is 1.32 bits per heavy atom. The molecule has 2 rings (SSSR count). The average molecular weight is 271 g/mol. The summed E-state index contributed by atoms with van der Waals surface area (Å²) in [5.41, 5.74) is 4.45. The Balaban J connectivity index is 2.43. The number of rotatable bonds is 2. The van der Waals surface area contributed by atoms with E-state index in [0.29, 0.717) is 10.6 Å². The molecule has 0 aliphatic carbocycles. The summed E-state index contributed by atoms with van der Waals surface area (Å²) < 4.78 is 5.34. The molecule has 0 aromatic heterocycles. The number of hydrogen-bond acceptors (Lipinski definition) is 5. The largest absolute Gasteiger partial charge is 0.397 e. The molecule has 1 aliphatic rings. The number of hydrogen-bond donors (Lipinski definition) is 1. The molecule has 2 unspecified atom stereocenters. The van der Waals surface area contributed by atoms with Gasteiger partial charge in [-0.05, 0) is 17.7 Å². The van der Waals surface area contributed by atoms with Crippen molar-refractivity contribution in [3.63, 3.8) is 0 Å². The Hall–Kier alpha value is -2.52. The Labute approximate surface area is 114 Å². The Kier molecular flexibility index (Phi) is 3.15. The Bertz CT molecular complexity index is 676. The molecular weight excluding hydrogens is 264 g/mol. The maximum Gasteiger partial charge on any atom is 0.227 e. The second kappa shape index (κ2) is 4.63. The van der Waals surface area contributed by atoms with Crippen molar-refractivity contribution >= 4 is 11.6 Å². The van der Waals surface area contributed by atoms with Crippen LogP contribution in [0.3, 0.4) is 0 Å². The smallest absolute Gasteiger partial charge is 0.227 e. The van der Waals surface area contributed by atoms with E-state index in [2.05, 4.69) is 0 Å². The van der Waals surface area contributed by atoms with Crippen molar-refractivity contribution in [3.05, 3.63) is 46.1 Å². The first kappa shape index (κ1) is 12.9. The number of allylic oxidation sites excluding steroid dienone is 1. The van der Waals surface area contributed by atoms with Crippen molar-refractivity contribution in [1.29, 1.82) is 15.8 Å². The summed E-state index contributed by atoms with van der Waals surface area (Å²) in [5, 5.41) is 27.3. The highest BCUT2D eigenvalue weighted by Crippen LogP contribution is 2.53. The van der Waals surface area contributed by atoms with Crippen LogP contribution in [0.2, 0.25) is 5.02 Å². The lowest BCUT2D eigenvalue weighted by atomic mass is 9.95. The minimum absolute atomic E-state index is 0.162. The standard InChI is InChI=1S/C13H7ClN4O/c14-10-3-1-2-8(4-10)12-13(7-17,19-12)11(18)9(5-15)6-16/h1-4,12H,18H2. The predicted molar refractivity (Wildman–Crippen MR) is 66.1 cm³/mol. The molecule has 1 saturated heterocycles. The second-order valence-electron chi connectivity index (χ2n) is 3.91. The highest BCUT2D eigenvalue weighted by Gasteiger charge is 2.61. The van der Waals surface area contributed by atoms with Gasteiger partial charge in [0, 0.05) is 5.02 Å². The normalized spacial score (nSPS) is 23.6. The van der Waals surface area contributed by atoms with Gasteiger partial charge < -0.3 is 10.5 Å². The van der Waals surface area contributed by atoms with E-state index in [4.69, 9.17) is 32.6 Å². The first-order valence-electron chi connectivity index (χ1n) is 5.24. The lowest BCUT2D eigenvalue weighted by molar-refractivity contribution is 0.356. The van der Waals surface area contributed by atoms with Crippen LogP contribution in [0, 0.1) is 34.0 Å². The number of epoxide rings is 1. The fraction of sp³-hybridized carbons (Fsp3) is 0.154. The van der Waals surface area contributed by atoms with Crippen LogP contribution in [0.25, 0.3) is 0 Å². The molecule has 19 heavy (non-hydrogen) atoms. The van der Waals surface area contributed by atoms with Gasteiger partial charge in [-0.25, -0.2) is 0 Å². The molecule has 2 N–H and O–H groups in total. The zero-order valence-electron chi connectivity index (χ0n) is 9.59. The van der Waals surface area contributed by atoms with Crippen LogP contribution in [0.4, 0.5) is 0 Å². The topological polar surface area (TPSA) is 110 Å². The van der Waals surface area contributed by atoms with Crippen LogP contribution in [-0.4, -0.2) is 5.60 Å². The highest BCUT2D eigenvalue weighted by atomic mass is 35.5. The molecule has 0 saturated carbocycles. The summed E-state index contributed by atoms with van der Waals surface area (Å²) in [7, 11) is 0. The number of halogens is 1. The van der Waals surface area contributed by atoms with Gasteiger partial charge in [-0.1, -0.05) is 23.7 Å². The number of nitriles is 3. The van der Waals surface area contributed by atoms with Crippen molar-refractivity contribution in [3.8, 4) is 18.2 Å². The van der Waals surface area contributed by atoms with Crippen molar-refractivity contribution in [2.24, 2.45) is 5.73 Å². The van der Waals surface area contributed by atoms with E-state index in [-0.39, 0.29) is 11.3 Å². The van der Waals surface area contributed by atoms with Crippen LogP contribution in [0.15, 0.2) is 35.5 Å². The van der Waals surface area contributed by atoms with Gasteiger partial charge in [-0.15, -0.1) is 0 Å². The van der Waals surface area contributed by atoms with Gasteiger partial charge in [-0.3, -0.25) is 0 Å². The zero-order chi connectivity index (χ0) is 14.0. The molecule has 1 heterocycles. The third-order valence-corrected chi connectivity index (χ3v) is 3.06. The molecule has 1 aliphatic heterocycles. The first-order valence-corrected chi connectivity index (χ1v) is 5.61. The lowest BCUT2D eigenvalue weighted by Crippen LogP contribution is -2.22. The minimum atomic E-state index is -1.45. The van der Waals surface area contributed by atoms with E-state index in [9.17, 15) is 5.26 Å². The summed E-state index contributed by atoms with van der Waals surface area (Å²) in [6, 6.07) is 12.0. The van der Waals surface area contributed by atoms with Crippen LogP contribution in [0.1, 0.15) is 11.7 Å². The van der Waals surface area contributed by atoms with Gasteiger partial charge in [0.25, 0.3) is 0 Å². The molecule has 0 amide bonds. The van der Waals surface area contributed by atoms with Gasteiger partial charge in [0.1, 0.15) is 24.3 Å². The zero-order valence-corrected chi connectivity index (χ0v) is 10.3. The van der Waals surface area contributed by atoms with Crippen molar-refractivity contribution < 1.29 is 4.74 Å². The number of benzene rings is 1. The molecule has 1 aromatic carbocycles. The summed E-state index contributed by atoms with van der Waals surface area (Å²) in [6.07, 6.45) is -0.618. The molecule has 0 radical (unpaired) electrons. The van der Waals surface area contributed by atoms with Crippen molar-refractivity contribution in [2.45, 2.75) is 11.7 Å². The average Bonchev–Trinajstić information content (AvgIpc) is 3.16. The van der Waals surface area contributed by atoms with Crippen LogP contribution in [-0.2, 0) is 4.74 Å². The Morgan fingerprint density at radius 3 is 2.53 bits per heavy atom. The third-order valence-electron chi connectivity index (χ3n) is 2.83. The SMILES string of the molecule is N#CC(C#N)=C(N)C1(C#N)OC1c1cccc(Cl)c1. The first-order chi connectivity index (χ1) is 9.08. The van der Waals surface area contributed by atoms with E-state index in [1.54, 1.807) is 36.4 Å². The number of nitrogens with two attached hydrogens (primary N) is 1. The number of nitrogens with zero attached hydrogens (tertiary/aromatic N) is 3.